The molecule has 21 heavy (non-hydrogen) atoms. The summed E-state index contributed by atoms with van der Waals surface area (Å²) in [5.74, 6) is 0. The third kappa shape index (κ3) is 3.37. The van der Waals surface area contributed by atoms with Crippen molar-refractivity contribution >= 4 is 11.8 Å². The predicted octanol–water partition coefficient (Wildman–Crippen LogP) is 5.67. The second-order valence-electron chi connectivity index (χ2n) is 5.06. The standard InChI is InChI=1S/C20H18S/c1-21-20-13-6-5-11-19(20)15-16-8-7-12-18(14-16)17-9-3-2-4-10-17/h2-14H,15H2,1H3. The molecule has 1 heteroatoms. The van der Waals surface area contributed by atoms with Gasteiger partial charge in [-0.2, -0.15) is 0 Å². The molecular weight excluding hydrogens is 272 g/mol. The number of rotatable bonds is 4. The molecule has 0 aliphatic carbocycles. The second-order valence-corrected chi connectivity index (χ2v) is 5.90. The van der Waals surface area contributed by atoms with Crippen LogP contribution < -0.4 is 0 Å². The van der Waals surface area contributed by atoms with E-state index >= 15 is 0 Å². The van der Waals surface area contributed by atoms with Gasteiger partial charge in [0.1, 0.15) is 0 Å². The molecule has 0 aliphatic rings. The van der Waals surface area contributed by atoms with Crippen LogP contribution in [0.4, 0.5) is 0 Å². The van der Waals surface area contributed by atoms with Crippen LogP contribution in [0.2, 0.25) is 0 Å². The average molecular weight is 290 g/mol. The molecule has 0 aliphatic heterocycles. The second kappa shape index (κ2) is 6.64. The summed E-state index contributed by atoms with van der Waals surface area (Å²) in [6.07, 6.45) is 3.12. The van der Waals surface area contributed by atoms with E-state index in [2.05, 4.69) is 85.1 Å². The highest BCUT2D eigenvalue weighted by Gasteiger charge is 2.03. The Labute approximate surface area is 130 Å². The van der Waals surface area contributed by atoms with Crippen LogP contribution >= 0.6 is 11.8 Å². The van der Waals surface area contributed by atoms with E-state index in [4.69, 9.17) is 0 Å². The van der Waals surface area contributed by atoms with Gasteiger partial charge < -0.3 is 0 Å². The van der Waals surface area contributed by atoms with Crippen LogP contribution in [0.1, 0.15) is 11.1 Å². The molecule has 3 aromatic carbocycles. The summed E-state index contributed by atoms with van der Waals surface area (Å²) in [4.78, 5) is 1.36. The summed E-state index contributed by atoms with van der Waals surface area (Å²) in [5.41, 5.74) is 5.32. The average Bonchev–Trinajstić information content (AvgIpc) is 2.56. The Bertz CT molecular complexity index is 717. The monoisotopic (exact) mass is 290 g/mol. The molecule has 0 nitrogen and oxygen atoms in total. The summed E-state index contributed by atoms with van der Waals surface area (Å²) in [6, 6.07) is 28.0. The maximum atomic E-state index is 2.30. The molecule has 0 amide bonds. The van der Waals surface area contributed by atoms with Gasteiger partial charge in [0.05, 0.1) is 0 Å². The molecule has 0 saturated carbocycles. The van der Waals surface area contributed by atoms with Gasteiger partial charge in [0.25, 0.3) is 0 Å². The van der Waals surface area contributed by atoms with Gasteiger partial charge in [-0.3, -0.25) is 0 Å². The van der Waals surface area contributed by atoms with Crippen LogP contribution in [-0.2, 0) is 6.42 Å². The molecule has 0 N–H and O–H groups in total. The van der Waals surface area contributed by atoms with Crippen molar-refractivity contribution in [1.82, 2.24) is 0 Å². The lowest BCUT2D eigenvalue weighted by Gasteiger charge is -2.09. The number of thioether (sulfide) groups is 1. The first-order chi connectivity index (χ1) is 10.4. The molecule has 0 saturated heterocycles. The van der Waals surface area contributed by atoms with E-state index in [1.165, 1.54) is 27.1 Å². The minimum atomic E-state index is 0.984. The molecule has 3 rings (SSSR count). The summed E-state index contributed by atoms with van der Waals surface area (Å²) >= 11 is 1.82. The molecule has 0 unspecified atom stereocenters. The molecular formula is C20H18S. The molecule has 0 spiro atoms. The first kappa shape index (κ1) is 14.0. The maximum Gasteiger partial charge on any atom is 0.0105 e. The molecule has 104 valence electrons. The van der Waals surface area contributed by atoms with Crippen LogP contribution in [0.3, 0.4) is 0 Å². The highest BCUT2D eigenvalue weighted by molar-refractivity contribution is 7.98. The third-order valence-electron chi connectivity index (χ3n) is 3.62. The van der Waals surface area contributed by atoms with Gasteiger partial charge in [0, 0.05) is 4.90 Å². The fraction of sp³-hybridized carbons (Fsp3) is 0.100. The molecule has 0 aromatic heterocycles. The highest BCUT2D eigenvalue weighted by Crippen LogP contribution is 2.25. The summed E-state index contributed by atoms with van der Waals surface area (Å²) in [5, 5.41) is 0. The van der Waals surface area contributed by atoms with Gasteiger partial charge in [-0.25, -0.2) is 0 Å². The van der Waals surface area contributed by atoms with E-state index in [-0.39, 0.29) is 0 Å². The van der Waals surface area contributed by atoms with Crippen molar-refractivity contribution in [1.29, 1.82) is 0 Å². The van der Waals surface area contributed by atoms with Crippen LogP contribution in [0.25, 0.3) is 11.1 Å². The van der Waals surface area contributed by atoms with E-state index < -0.39 is 0 Å². The van der Waals surface area contributed by atoms with E-state index in [0.29, 0.717) is 0 Å². The Hall–Kier alpha value is -1.99. The normalized spacial score (nSPS) is 10.5. The van der Waals surface area contributed by atoms with Crippen molar-refractivity contribution in [3.05, 3.63) is 90.0 Å². The Morgan fingerprint density at radius 1 is 0.714 bits per heavy atom. The van der Waals surface area contributed by atoms with E-state index in [1.54, 1.807) is 0 Å². The quantitative estimate of drug-likeness (QED) is 0.558. The zero-order chi connectivity index (χ0) is 14.5. The van der Waals surface area contributed by atoms with Crippen LogP contribution in [0, 0.1) is 0 Å². The first-order valence-corrected chi connectivity index (χ1v) is 8.35. The number of hydrogen-bond donors (Lipinski definition) is 0. The summed E-state index contributed by atoms with van der Waals surface area (Å²) in [7, 11) is 0. The van der Waals surface area contributed by atoms with Crippen molar-refractivity contribution in [2.75, 3.05) is 6.26 Å². The minimum Gasteiger partial charge on any atom is -0.129 e. The van der Waals surface area contributed by atoms with Crippen molar-refractivity contribution in [3.63, 3.8) is 0 Å². The smallest absolute Gasteiger partial charge is 0.0105 e. The topological polar surface area (TPSA) is 0 Å². The number of hydrogen-bond acceptors (Lipinski definition) is 1. The first-order valence-electron chi connectivity index (χ1n) is 7.13. The Kier molecular flexibility index (Phi) is 4.42. The molecule has 3 aromatic rings. The minimum absolute atomic E-state index is 0.984. The zero-order valence-corrected chi connectivity index (χ0v) is 12.9. The lowest BCUT2D eigenvalue weighted by atomic mass is 9.99. The predicted molar refractivity (Wildman–Crippen MR) is 92.9 cm³/mol. The summed E-state index contributed by atoms with van der Waals surface area (Å²) in [6.45, 7) is 0. The van der Waals surface area contributed by atoms with Gasteiger partial charge in [0.15, 0.2) is 0 Å². The molecule has 0 radical (unpaired) electrons. The molecule has 0 heterocycles. The van der Waals surface area contributed by atoms with Crippen molar-refractivity contribution in [2.45, 2.75) is 11.3 Å². The van der Waals surface area contributed by atoms with Gasteiger partial charge in [-0.15, -0.1) is 11.8 Å². The third-order valence-corrected chi connectivity index (χ3v) is 4.46. The van der Waals surface area contributed by atoms with E-state index in [9.17, 15) is 0 Å². The molecule has 0 fully saturated rings. The Morgan fingerprint density at radius 2 is 1.43 bits per heavy atom. The lowest BCUT2D eigenvalue weighted by molar-refractivity contribution is 1.13. The maximum absolute atomic E-state index is 2.30. The van der Waals surface area contributed by atoms with E-state index in [0.717, 1.165) is 6.42 Å². The molecule has 0 atom stereocenters. The van der Waals surface area contributed by atoms with Gasteiger partial charge in [-0.1, -0.05) is 72.8 Å². The lowest BCUT2D eigenvalue weighted by Crippen LogP contribution is -1.91. The van der Waals surface area contributed by atoms with Gasteiger partial charge >= 0.3 is 0 Å². The summed E-state index contributed by atoms with van der Waals surface area (Å²) < 4.78 is 0. The van der Waals surface area contributed by atoms with Crippen molar-refractivity contribution < 1.29 is 0 Å². The van der Waals surface area contributed by atoms with Gasteiger partial charge in [0.2, 0.25) is 0 Å². The van der Waals surface area contributed by atoms with Crippen LogP contribution in [0.15, 0.2) is 83.8 Å². The zero-order valence-electron chi connectivity index (χ0n) is 12.1. The Morgan fingerprint density at radius 3 is 2.24 bits per heavy atom. The fourth-order valence-corrected chi connectivity index (χ4v) is 3.18. The SMILES string of the molecule is CSc1ccccc1Cc1cccc(-c2ccccc2)c1. The highest BCUT2D eigenvalue weighted by atomic mass is 32.2. The van der Waals surface area contributed by atoms with Gasteiger partial charge in [-0.05, 0) is 41.0 Å². The number of benzene rings is 3. The van der Waals surface area contributed by atoms with E-state index in [1.807, 2.05) is 11.8 Å². The Balaban J connectivity index is 1.90. The van der Waals surface area contributed by atoms with Crippen LogP contribution in [-0.4, -0.2) is 6.26 Å². The largest absolute Gasteiger partial charge is 0.129 e. The van der Waals surface area contributed by atoms with Crippen molar-refractivity contribution in [2.24, 2.45) is 0 Å². The van der Waals surface area contributed by atoms with Crippen molar-refractivity contribution in [3.8, 4) is 11.1 Å². The van der Waals surface area contributed by atoms with Crippen LogP contribution in [0.5, 0.6) is 0 Å². The molecule has 0 bridgehead atoms. The fourth-order valence-electron chi connectivity index (χ4n) is 2.56.